The van der Waals surface area contributed by atoms with E-state index >= 15 is 0 Å². The Kier molecular flexibility index (Phi) is 6.70. The number of esters is 1. The van der Waals surface area contributed by atoms with E-state index in [-0.39, 0.29) is 13.2 Å². The van der Waals surface area contributed by atoms with Crippen molar-refractivity contribution in [1.82, 2.24) is 0 Å². The minimum absolute atomic E-state index is 0.160. The van der Waals surface area contributed by atoms with E-state index in [1.165, 1.54) is 0 Å². The van der Waals surface area contributed by atoms with Crippen molar-refractivity contribution in [3.63, 3.8) is 0 Å². The number of hydrogen-bond acceptors (Lipinski definition) is 4. The summed E-state index contributed by atoms with van der Waals surface area (Å²) in [6.45, 7) is 5.52. The Morgan fingerprint density at radius 3 is 2.08 bits per heavy atom. The SMILES string of the molecule is C=C(C)C(=O)OC(COc1ccccc1)COc1ccc(Cl)cc1. The molecule has 5 heteroatoms. The van der Waals surface area contributed by atoms with Crippen molar-refractivity contribution in [2.24, 2.45) is 0 Å². The van der Waals surface area contributed by atoms with Gasteiger partial charge in [-0.25, -0.2) is 4.79 Å². The molecule has 0 aliphatic rings. The van der Waals surface area contributed by atoms with Gasteiger partial charge in [-0.15, -0.1) is 0 Å². The lowest BCUT2D eigenvalue weighted by Gasteiger charge is -2.19. The molecular formula is C19H19ClO4. The fourth-order valence-electron chi connectivity index (χ4n) is 1.79. The van der Waals surface area contributed by atoms with Crippen molar-refractivity contribution in [3.8, 4) is 11.5 Å². The summed E-state index contributed by atoms with van der Waals surface area (Å²) < 4.78 is 16.7. The summed E-state index contributed by atoms with van der Waals surface area (Å²) in [6.07, 6.45) is -0.565. The Hall–Kier alpha value is -2.46. The number of benzene rings is 2. The molecule has 2 aromatic rings. The van der Waals surface area contributed by atoms with Crippen LogP contribution in [0.5, 0.6) is 11.5 Å². The van der Waals surface area contributed by atoms with Gasteiger partial charge in [-0.1, -0.05) is 36.4 Å². The van der Waals surface area contributed by atoms with Crippen molar-refractivity contribution in [2.45, 2.75) is 13.0 Å². The number of ether oxygens (including phenoxy) is 3. The average molecular weight is 347 g/mol. The molecule has 0 bridgehead atoms. The molecule has 1 unspecified atom stereocenters. The molecule has 2 aromatic carbocycles. The Labute approximate surface area is 146 Å². The second-order valence-corrected chi connectivity index (χ2v) is 5.63. The monoisotopic (exact) mass is 346 g/mol. The molecule has 24 heavy (non-hydrogen) atoms. The average Bonchev–Trinajstić information content (AvgIpc) is 2.59. The molecule has 0 N–H and O–H groups in total. The molecule has 2 rings (SSSR count). The van der Waals surface area contributed by atoms with Gasteiger partial charge in [0.05, 0.1) is 0 Å². The van der Waals surface area contributed by atoms with Crippen LogP contribution < -0.4 is 9.47 Å². The summed E-state index contributed by atoms with van der Waals surface area (Å²) in [4.78, 5) is 11.8. The van der Waals surface area contributed by atoms with Crippen LogP contribution in [0.2, 0.25) is 5.02 Å². The smallest absolute Gasteiger partial charge is 0.333 e. The van der Waals surface area contributed by atoms with Crippen LogP contribution in [0.25, 0.3) is 0 Å². The number of hydrogen-bond donors (Lipinski definition) is 0. The molecule has 1 atom stereocenters. The molecule has 0 radical (unpaired) electrons. The zero-order valence-corrected chi connectivity index (χ0v) is 14.2. The summed E-state index contributed by atoms with van der Waals surface area (Å²) in [5.41, 5.74) is 0.325. The van der Waals surface area contributed by atoms with Gasteiger partial charge >= 0.3 is 5.97 Å². The van der Waals surface area contributed by atoms with Gasteiger partial charge < -0.3 is 14.2 Å². The number of para-hydroxylation sites is 1. The molecule has 0 aliphatic carbocycles. The topological polar surface area (TPSA) is 44.8 Å². The fourth-order valence-corrected chi connectivity index (χ4v) is 1.92. The van der Waals surface area contributed by atoms with Crippen LogP contribution in [0.15, 0.2) is 66.7 Å². The van der Waals surface area contributed by atoms with Crippen LogP contribution in [-0.4, -0.2) is 25.3 Å². The normalized spacial score (nSPS) is 11.4. The zero-order valence-electron chi connectivity index (χ0n) is 13.4. The number of halogens is 1. The number of carbonyl (C=O) groups is 1. The Morgan fingerprint density at radius 2 is 1.54 bits per heavy atom. The lowest BCUT2D eigenvalue weighted by molar-refractivity contribution is -0.147. The minimum Gasteiger partial charge on any atom is -0.490 e. The van der Waals surface area contributed by atoms with E-state index in [2.05, 4.69) is 6.58 Å². The Morgan fingerprint density at radius 1 is 1.00 bits per heavy atom. The first-order chi connectivity index (χ1) is 11.5. The van der Waals surface area contributed by atoms with E-state index in [0.29, 0.717) is 22.1 Å². The highest BCUT2D eigenvalue weighted by Gasteiger charge is 2.17. The number of carbonyl (C=O) groups excluding carboxylic acids is 1. The summed E-state index contributed by atoms with van der Waals surface area (Å²) in [6, 6.07) is 16.3. The summed E-state index contributed by atoms with van der Waals surface area (Å²) >= 11 is 5.84. The van der Waals surface area contributed by atoms with Gasteiger partial charge in [-0.2, -0.15) is 0 Å². The predicted octanol–water partition coefficient (Wildman–Crippen LogP) is 4.29. The second kappa shape index (κ2) is 8.99. The highest BCUT2D eigenvalue weighted by Crippen LogP contribution is 2.16. The van der Waals surface area contributed by atoms with Crippen LogP contribution in [0, 0.1) is 0 Å². The Bertz CT molecular complexity index is 668. The largest absolute Gasteiger partial charge is 0.490 e. The van der Waals surface area contributed by atoms with Crippen LogP contribution in [0.1, 0.15) is 6.92 Å². The van der Waals surface area contributed by atoms with Crippen molar-refractivity contribution in [1.29, 1.82) is 0 Å². The fraction of sp³-hybridized carbons (Fsp3) is 0.211. The first-order valence-corrected chi connectivity index (χ1v) is 7.85. The van der Waals surface area contributed by atoms with Crippen LogP contribution in [0.3, 0.4) is 0 Å². The van der Waals surface area contributed by atoms with E-state index in [9.17, 15) is 4.79 Å². The third kappa shape index (κ3) is 5.97. The molecule has 0 aromatic heterocycles. The summed E-state index contributed by atoms with van der Waals surface area (Å²) in [5, 5.41) is 0.625. The minimum atomic E-state index is -0.565. The Balaban J connectivity index is 1.94. The maximum absolute atomic E-state index is 11.8. The molecule has 4 nitrogen and oxygen atoms in total. The second-order valence-electron chi connectivity index (χ2n) is 5.20. The molecule has 0 aliphatic heterocycles. The summed E-state index contributed by atoms with van der Waals surface area (Å²) in [5.74, 6) is 0.854. The van der Waals surface area contributed by atoms with E-state index in [1.54, 1.807) is 31.2 Å². The van der Waals surface area contributed by atoms with E-state index < -0.39 is 12.1 Å². The first kappa shape index (κ1) is 17.9. The van der Waals surface area contributed by atoms with Crippen LogP contribution >= 0.6 is 11.6 Å². The van der Waals surface area contributed by atoms with Gasteiger partial charge in [0.1, 0.15) is 24.7 Å². The third-order valence-electron chi connectivity index (χ3n) is 3.05. The van der Waals surface area contributed by atoms with Gasteiger partial charge in [-0.3, -0.25) is 0 Å². The molecule has 0 saturated heterocycles. The van der Waals surface area contributed by atoms with Gasteiger partial charge in [-0.05, 0) is 43.3 Å². The predicted molar refractivity (Wildman–Crippen MR) is 93.6 cm³/mol. The van der Waals surface area contributed by atoms with Crippen molar-refractivity contribution in [3.05, 3.63) is 71.8 Å². The highest BCUT2D eigenvalue weighted by molar-refractivity contribution is 6.30. The van der Waals surface area contributed by atoms with Gasteiger partial charge in [0.2, 0.25) is 0 Å². The van der Waals surface area contributed by atoms with Crippen molar-refractivity contribution in [2.75, 3.05) is 13.2 Å². The molecule has 0 spiro atoms. The molecule has 0 amide bonds. The molecule has 0 fully saturated rings. The van der Waals surface area contributed by atoms with Gasteiger partial charge in [0.25, 0.3) is 0 Å². The van der Waals surface area contributed by atoms with Gasteiger partial charge in [0, 0.05) is 10.6 Å². The maximum Gasteiger partial charge on any atom is 0.333 e. The first-order valence-electron chi connectivity index (χ1n) is 7.47. The maximum atomic E-state index is 11.8. The lowest BCUT2D eigenvalue weighted by Crippen LogP contribution is -2.31. The highest BCUT2D eigenvalue weighted by atomic mass is 35.5. The van der Waals surface area contributed by atoms with E-state index in [4.69, 9.17) is 25.8 Å². The third-order valence-corrected chi connectivity index (χ3v) is 3.30. The summed E-state index contributed by atoms with van der Waals surface area (Å²) in [7, 11) is 0. The van der Waals surface area contributed by atoms with Crippen LogP contribution in [-0.2, 0) is 9.53 Å². The van der Waals surface area contributed by atoms with Crippen LogP contribution in [0.4, 0.5) is 0 Å². The number of rotatable bonds is 8. The molecular weight excluding hydrogens is 328 g/mol. The molecule has 126 valence electrons. The van der Waals surface area contributed by atoms with E-state index in [0.717, 1.165) is 0 Å². The van der Waals surface area contributed by atoms with Gasteiger partial charge in [0.15, 0.2) is 6.10 Å². The molecule has 0 heterocycles. The molecule has 0 saturated carbocycles. The quantitative estimate of drug-likeness (QED) is 0.528. The lowest BCUT2D eigenvalue weighted by atomic mass is 10.3. The standard InChI is InChI=1S/C19H19ClO4/c1-14(2)19(21)24-18(12-22-16-6-4-3-5-7-16)13-23-17-10-8-15(20)9-11-17/h3-11,18H,1,12-13H2,2H3. The van der Waals surface area contributed by atoms with E-state index in [1.807, 2.05) is 30.3 Å². The zero-order chi connectivity index (χ0) is 17.4. The van der Waals surface area contributed by atoms with Crippen molar-refractivity contribution >= 4 is 17.6 Å². The van der Waals surface area contributed by atoms with Crippen molar-refractivity contribution < 1.29 is 19.0 Å².